The minimum atomic E-state index is 0.392. The molecule has 2 heterocycles. The zero-order chi connectivity index (χ0) is 12.5. The van der Waals surface area contributed by atoms with Crippen molar-refractivity contribution in [3.05, 3.63) is 23.2 Å². The van der Waals surface area contributed by atoms with Crippen LogP contribution in [0.25, 0.3) is 10.2 Å². The third kappa shape index (κ3) is 2.46. The Labute approximate surface area is 115 Å². The Kier molecular flexibility index (Phi) is 3.41. The van der Waals surface area contributed by atoms with E-state index >= 15 is 0 Å². The molecule has 1 aromatic carbocycles. The molecule has 2 atom stereocenters. The van der Waals surface area contributed by atoms with Gasteiger partial charge in [0, 0.05) is 23.6 Å². The number of benzene rings is 1. The Bertz CT molecular complexity index is 551. The molecule has 0 radical (unpaired) electrons. The highest BCUT2D eigenvalue weighted by Gasteiger charge is 2.22. The van der Waals surface area contributed by atoms with Crippen molar-refractivity contribution >= 4 is 38.3 Å². The van der Waals surface area contributed by atoms with Gasteiger partial charge in [0.25, 0.3) is 0 Å². The maximum absolute atomic E-state index is 5.98. The average Bonchev–Trinajstić information content (AvgIpc) is 2.95. The number of rotatable bonds is 3. The molecule has 3 rings (SSSR count). The molecule has 0 amide bonds. The predicted molar refractivity (Wildman–Crippen MR) is 76.6 cm³/mol. The van der Waals surface area contributed by atoms with Gasteiger partial charge >= 0.3 is 0 Å². The Balaban J connectivity index is 1.77. The van der Waals surface area contributed by atoms with Crippen molar-refractivity contribution in [2.75, 3.05) is 18.5 Å². The zero-order valence-electron chi connectivity index (χ0n) is 10.1. The van der Waals surface area contributed by atoms with E-state index in [0.29, 0.717) is 12.0 Å². The van der Waals surface area contributed by atoms with Gasteiger partial charge in [-0.25, -0.2) is 4.98 Å². The van der Waals surface area contributed by atoms with Crippen molar-refractivity contribution in [2.24, 2.45) is 5.92 Å². The van der Waals surface area contributed by atoms with Crippen LogP contribution in [0.3, 0.4) is 0 Å². The lowest BCUT2D eigenvalue weighted by molar-refractivity contribution is 0.183. The summed E-state index contributed by atoms with van der Waals surface area (Å²) in [5, 5.41) is 5.20. The summed E-state index contributed by atoms with van der Waals surface area (Å²) in [6.07, 6.45) is 1.13. The molecular weight excluding hydrogens is 268 g/mol. The van der Waals surface area contributed by atoms with Crippen LogP contribution in [0, 0.1) is 5.92 Å². The lowest BCUT2D eigenvalue weighted by atomic mass is 10.0. The number of hydrogen-bond acceptors (Lipinski definition) is 4. The fourth-order valence-corrected chi connectivity index (χ4v) is 3.46. The summed E-state index contributed by atoms with van der Waals surface area (Å²) in [5.41, 5.74) is 1.00. The van der Waals surface area contributed by atoms with E-state index in [4.69, 9.17) is 16.3 Å². The number of aromatic nitrogens is 1. The number of halogens is 1. The zero-order valence-corrected chi connectivity index (χ0v) is 11.7. The summed E-state index contributed by atoms with van der Waals surface area (Å²) < 4.78 is 6.54. The fourth-order valence-electron chi connectivity index (χ4n) is 2.22. The molecule has 18 heavy (non-hydrogen) atoms. The SMILES string of the molecule is CC(Nc1nc2ccc(Cl)cc2s1)C1CCOC1. The van der Waals surface area contributed by atoms with Crippen LogP contribution in [0.15, 0.2) is 18.2 Å². The Hall–Kier alpha value is -0.840. The van der Waals surface area contributed by atoms with Gasteiger partial charge < -0.3 is 10.1 Å². The minimum absolute atomic E-state index is 0.392. The van der Waals surface area contributed by atoms with Crippen LogP contribution in [0.5, 0.6) is 0 Å². The monoisotopic (exact) mass is 282 g/mol. The van der Waals surface area contributed by atoms with Gasteiger partial charge in [-0.15, -0.1) is 0 Å². The maximum Gasteiger partial charge on any atom is 0.184 e. The Morgan fingerprint density at radius 3 is 3.22 bits per heavy atom. The van der Waals surface area contributed by atoms with E-state index < -0.39 is 0 Å². The molecule has 1 aliphatic heterocycles. The quantitative estimate of drug-likeness (QED) is 0.930. The summed E-state index contributed by atoms with van der Waals surface area (Å²) in [4.78, 5) is 4.57. The predicted octanol–water partition coefficient (Wildman–Crippen LogP) is 3.79. The van der Waals surface area contributed by atoms with Gasteiger partial charge in [-0.2, -0.15) is 0 Å². The Morgan fingerprint density at radius 2 is 2.44 bits per heavy atom. The normalized spacial score (nSPS) is 21.3. The van der Waals surface area contributed by atoms with Crippen LogP contribution in [-0.2, 0) is 4.74 Å². The van der Waals surface area contributed by atoms with Crippen LogP contribution in [0.2, 0.25) is 5.02 Å². The van der Waals surface area contributed by atoms with Gasteiger partial charge in [-0.1, -0.05) is 22.9 Å². The number of nitrogens with one attached hydrogen (secondary N) is 1. The molecule has 5 heteroatoms. The molecule has 96 valence electrons. The van der Waals surface area contributed by atoms with Crippen molar-refractivity contribution in [1.29, 1.82) is 0 Å². The number of thiazole rings is 1. The van der Waals surface area contributed by atoms with Gasteiger partial charge in [0.05, 0.1) is 16.8 Å². The molecule has 2 unspecified atom stereocenters. The molecule has 0 bridgehead atoms. The van der Waals surface area contributed by atoms with Crippen molar-refractivity contribution in [3.8, 4) is 0 Å². The summed E-state index contributed by atoms with van der Waals surface area (Å²) in [6.45, 7) is 3.93. The number of hydrogen-bond donors (Lipinski definition) is 1. The van der Waals surface area contributed by atoms with Crippen LogP contribution in [-0.4, -0.2) is 24.2 Å². The van der Waals surface area contributed by atoms with Crippen molar-refractivity contribution < 1.29 is 4.74 Å². The number of ether oxygens (including phenoxy) is 1. The van der Waals surface area contributed by atoms with Gasteiger partial charge in [-0.05, 0) is 31.5 Å². The van der Waals surface area contributed by atoms with E-state index in [-0.39, 0.29) is 0 Å². The molecule has 3 nitrogen and oxygen atoms in total. The molecule has 1 N–H and O–H groups in total. The van der Waals surface area contributed by atoms with E-state index in [1.54, 1.807) is 11.3 Å². The number of fused-ring (bicyclic) bond motifs is 1. The first-order chi connectivity index (χ1) is 8.72. The third-order valence-corrected chi connectivity index (χ3v) is 4.56. The first-order valence-corrected chi connectivity index (χ1v) is 7.32. The topological polar surface area (TPSA) is 34.2 Å². The summed E-state index contributed by atoms with van der Waals surface area (Å²) in [5.74, 6) is 0.584. The molecular formula is C13H15ClN2OS. The molecule has 0 saturated carbocycles. The lowest BCUT2D eigenvalue weighted by Gasteiger charge is -2.18. The van der Waals surface area contributed by atoms with Crippen LogP contribution in [0.4, 0.5) is 5.13 Å². The van der Waals surface area contributed by atoms with Gasteiger partial charge in [0.2, 0.25) is 0 Å². The van der Waals surface area contributed by atoms with Crippen LogP contribution in [0.1, 0.15) is 13.3 Å². The molecule has 1 aliphatic rings. The van der Waals surface area contributed by atoms with E-state index in [9.17, 15) is 0 Å². The molecule has 0 spiro atoms. The number of nitrogens with zero attached hydrogens (tertiary/aromatic N) is 1. The third-order valence-electron chi connectivity index (χ3n) is 3.37. The molecule has 2 aromatic rings. The molecule has 1 aromatic heterocycles. The summed E-state index contributed by atoms with van der Waals surface area (Å²) in [6, 6.07) is 6.19. The lowest BCUT2D eigenvalue weighted by Crippen LogP contribution is -2.25. The summed E-state index contributed by atoms with van der Waals surface area (Å²) in [7, 11) is 0. The van der Waals surface area contributed by atoms with Crippen molar-refractivity contribution in [2.45, 2.75) is 19.4 Å². The first-order valence-electron chi connectivity index (χ1n) is 6.13. The van der Waals surface area contributed by atoms with Crippen LogP contribution >= 0.6 is 22.9 Å². The largest absolute Gasteiger partial charge is 0.381 e. The van der Waals surface area contributed by atoms with E-state index in [1.165, 1.54) is 0 Å². The first kappa shape index (κ1) is 12.2. The second kappa shape index (κ2) is 5.03. The average molecular weight is 283 g/mol. The highest BCUT2D eigenvalue weighted by Crippen LogP contribution is 2.30. The minimum Gasteiger partial charge on any atom is -0.381 e. The fraction of sp³-hybridized carbons (Fsp3) is 0.462. The van der Waals surface area contributed by atoms with E-state index in [1.807, 2.05) is 18.2 Å². The molecule has 0 aliphatic carbocycles. The maximum atomic E-state index is 5.98. The highest BCUT2D eigenvalue weighted by molar-refractivity contribution is 7.22. The van der Waals surface area contributed by atoms with E-state index in [2.05, 4.69) is 17.2 Å². The molecule has 1 saturated heterocycles. The van der Waals surface area contributed by atoms with E-state index in [0.717, 1.165) is 40.0 Å². The van der Waals surface area contributed by atoms with Crippen LogP contribution < -0.4 is 5.32 Å². The standard InChI is InChI=1S/C13H15ClN2OS/c1-8(9-4-5-17-7-9)15-13-16-11-3-2-10(14)6-12(11)18-13/h2-3,6,8-9H,4-5,7H2,1H3,(H,15,16). The van der Waals surface area contributed by atoms with Crippen molar-refractivity contribution in [3.63, 3.8) is 0 Å². The van der Waals surface area contributed by atoms with Gasteiger partial charge in [0.15, 0.2) is 5.13 Å². The van der Waals surface area contributed by atoms with Gasteiger partial charge in [-0.3, -0.25) is 0 Å². The molecule has 1 fully saturated rings. The van der Waals surface area contributed by atoms with Gasteiger partial charge in [0.1, 0.15) is 0 Å². The second-order valence-electron chi connectivity index (χ2n) is 4.69. The highest BCUT2D eigenvalue weighted by atomic mass is 35.5. The number of anilines is 1. The Morgan fingerprint density at radius 1 is 1.56 bits per heavy atom. The second-order valence-corrected chi connectivity index (χ2v) is 6.15. The smallest absolute Gasteiger partial charge is 0.184 e. The van der Waals surface area contributed by atoms with Crippen molar-refractivity contribution in [1.82, 2.24) is 4.98 Å². The summed E-state index contributed by atoms with van der Waals surface area (Å²) >= 11 is 7.63.